The maximum atomic E-state index is 14.4. The van der Waals surface area contributed by atoms with Gasteiger partial charge in [0.25, 0.3) is 0 Å². The van der Waals surface area contributed by atoms with Gasteiger partial charge in [0.05, 0.1) is 45.3 Å². The number of carboxylic acids is 1. The summed E-state index contributed by atoms with van der Waals surface area (Å²) >= 11 is 4.22. The third-order valence-electron chi connectivity index (χ3n) is 27.3. The van der Waals surface area contributed by atoms with Crippen LogP contribution in [-0.4, -0.2) is 409 Å². The molecular formula is C82H119N21O22S. The maximum absolute atomic E-state index is 14.4. The smallest absolute Gasteiger partial charge is 0.322 e. The van der Waals surface area contributed by atoms with E-state index in [1.807, 2.05) is 0 Å². The second-order valence-electron chi connectivity index (χ2n) is 34.9. The number of carbonyl (C=O) groups excluding carboxylic acids is 20. The average molecular weight is 1780 g/mol. The molecular weight excluding hydrogens is 1660 g/mol. The lowest BCUT2D eigenvalue weighted by Gasteiger charge is -2.32. The van der Waals surface area contributed by atoms with Gasteiger partial charge in [0, 0.05) is 84.3 Å². The summed E-state index contributed by atoms with van der Waals surface area (Å²) in [5, 5.41) is 33.0. The standard InChI is InChI=1S/C82H119N21O22S/c104-62(40-84-69(112)49(47-126)91-70(113)48-14-1-27-83-48)92-28-8-21-56(92)77(120)98-34-2-15-50(98)71(114)85-41-63(105)93-29-9-22-57(93)78(121)99-35-3-16-51(99)72(115)86-42-64(106)94-30-10-23-58(94)79(122)100-36-4-17-52(100)73(116)87-43-65(107)95-31-11-24-59(95)80(123)101-37-5-18-53(101)74(117)88-44-66(108)96-32-12-25-60(96)81(124)102-38-6-19-54(102)75(118)89-45-67(109)97-33-13-26-61(97)82(125)103-39-7-20-55(103)76(119)90-46-68(110)111/h48-61,83,126H,1-47H2,(H,84,112)(H,85,114)(H,86,115)(H,87,116)(H,88,117)(H,89,118)(H,90,119)(H,91,113)(H,110,111)/t48-,49-,50-,51-,52-,53-,54-,55-,56-,57-,58-,59-,60-,61-/m0/s1. The fourth-order valence-electron chi connectivity index (χ4n) is 20.9. The molecule has 0 unspecified atom stereocenters. The number of hydrogen-bond donors (Lipinski definition) is 11. The first-order chi connectivity index (χ1) is 60.6. The van der Waals surface area contributed by atoms with Crippen molar-refractivity contribution < 1.29 is 106 Å². The molecule has 126 heavy (non-hydrogen) atoms. The van der Waals surface area contributed by atoms with Crippen LogP contribution in [0.5, 0.6) is 0 Å². The van der Waals surface area contributed by atoms with E-state index in [-0.39, 0.29) is 142 Å². The molecule has 13 aliphatic heterocycles. The Balaban J connectivity index is 0.518. The molecule has 0 aromatic rings. The molecule has 0 bridgehead atoms. The molecule has 0 spiro atoms. The zero-order chi connectivity index (χ0) is 89.7. The summed E-state index contributed by atoms with van der Waals surface area (Å²) in [6.07, 6.45) is 10.5. The number of amides is 20. The summed E-state index contributed by atoms with van der Waals surface area (Å²) in [5.74, 6) is -11.9. The van der Waals surface area contributed by atoms with Crippen molar-refractivity contribution in [1.82, 2.24) is 107 Å². The minimum Gasteiger partial charge on any atom is -0.480 e. The summed E-state index contributed by atoms with van der Waals surface area (Å²) in [4.78, 5) is 304. The second kappa shape index (κ2) is 42.2. The Morgan fingerprint density at radius 3 is 0.651 bits per heavy atom. The molecule has 0 aromatic heterocycles. The Morgan fingerprint density at radius 1 is 0.254 bits per heavy atom. The van der Waals surface area contributed by atoms with E-state index in [0.717, 1.165) is 6.42 Å². The Kier molecular flexibility index (Phi) is 31.1. The number of hydrogen-bond acceptors (Lipinski definition) is 23. The molecule has 13 heterocycles. The van der Waals surface area contributed by atoms with Gasteiger partial charge in [-0.1, -0.05) is 0 Å². The minimum atomic E-state index is -1.23. The predicted molar refractivity (Wildman–Crippen MR) is 442 cm³/mol. The molecule has 13 aliphatic rings. The highest BCUT2D eigenvalue weighted by Crippen LogP contribution is 2.33. The summed E-state index contributed by atoms with van der Waals surface area (Å²) in [7, 11) is 0. The lowest BCUT2D eigenvalue weighted by molar-refractivity contribution is -0.148. The van der Waals surface area contributed by atoms with Crippen molar-refractivity contribution in [3.05, 3.63) is 0 Å². The van der Waals surface area contributed by atoms with Gasteiger partial charge in [0.15, 0.2) is 0 Å². The highest BCUT2D eigenvalue weighted by Gasteiger charge is 2.51. The average Bonchev–Trinajstić information content (AvgIpc) is 1.67. The van der Waals surface area contributed by atoms with E-state index in [0.29, 0.717) is 116 Å². The SMILES string of the molecule is O=C(O)CNC(=O)[C@@H]1CCCN1C(=O)[C@@H]1CCCN1C(=O)CNC(=O)[C@@H]1CCCN1C(=O)[C@@H]1CCCN1C(=O)CNC(=O)[C@@H]1CCCN1C(=O)[C@@H]1CCCN1C(=O)CNC(=O)[C@@H]1CCCN1C(=O)[C@@H]1CCCN1C(=O)CNC(=O)[C@@H]1CCCN1C(=O)[C@@H]1CCCN1C(=O)CNC(=O)[C@@H]1CCCN1C(=O)[C@@H]1CCCN1C(=O)CNC(=O)[C@H](CS)NC(=O)[C@@H]1CCCN1. The van der Waals surface area contributed by atoms with Crippen molar-refractivity contribution in [3.8, 4) is 0 Å². The number of rotatable bonds is 30. The first-order valence-electron chi connectivity index (χ1n) is 45.0. The third kappa shape index (κ3) is 20.9. The summed E-state index contributed by atoms with van der Waals surface area (Å²) in [6.45, 7) is -0.350. The molecule has 13 rings (SSSR count). The highest BCUT2D eigenvalue weighted by molar-refractivity contribution is 7.80. The number of nitrogens with zero attached hydrogens (tertiary/aromatic N) is 12. The first kappa shape index (κ1) is 92.8. The third-order valence-corrected chi connectivity index (χ3v) is 27.6. The van der Waals surface area contributed by atoms with E-state index in [2.05, 4.69) is 60.5 Å². The first-order valence-corrected chi connectivity index (χ1v) is 45.7. The van der Waals surface area contributed by atoms with E-state index >= 15 is 0 Å². The Labute approximate surface area is 734 Å². The quantitative estimate of drug-likeness (QED) is 0.0298. The molecule has 20 amide bonds. The number of aliphatic carboxylic acids is 1. The topological polar surface area (TPSA) is 526 Å². The summed E-state index contributed by atoms with van der Waals surface area (Å²) in [5.41, 5.74) is 0. The molecule has 13 saturated heterocycles. The van der Waals surface area contributed by atoms with Crippen molar-refractivity contribution in [2.75, 3.05) is 137 Å². The van der Waals surface area contributed by atoms with E-state index in [4.69, 9.17) is 5.11 Å². The lowest BCUT2D eigenvalue weighted by Crippen LogP contribution is -2.57. The Hall–Kier alpha value is -10.8. The number of thiol groups is 1. The molecule has 0 aliphatic carbocycles. The van der Waals surface area contributed by atoms with Crippen LogP contribution in [-0.2, 0) is 101 Å². The number of carboxylic acid groups (broad SMARTS) is 1. The van der Waals surface area contributed by atoms with Crippen molar-refractivity contribution in [3.63, 3.8) is 0 Å². The zero-order valence-electron chi connectivity index (χ0n) is 71.2. The van der Waals surface area contributed by atoms with Gasteiger partial charge in [-0.2, -0.15) is 12.6 Å². The van der Waals surface area contributed by atoms with Crippen LogP contribution in [0.1, 0.15) is 167 Å². The van der Waals surface area contributed by atoms with E-state index < -0.39 is 249 Å². The highest BCUT2D eigenvalue weighted by atomic mass is 32.1. The molecule has 10 N–H and O–H groups in total. The van der Waals surface area contributed by atoms with E-state index in [9.17, 15) is 101 Å². The fourth-order valence-corrected chi connectivity index (χ4v) is 21.1. The number of carbonyl (C=O) groups is 21. The molecule has 14 atom stereocenters. The van der Waals surface area contributed by atoms with Gasteiger partial charge in [0.1, 0.15) is 85.1 Å². The van der Waals surface area contributed by atoms with Crippen molar-refractivity contribution in [2.24, 2.45) is 0 Å². The van der Waals surface area contributed by atoms with E-state index in [1.54, 1.807) is 0 Å². The molecule has 43 nitrogen and oxygen atoms in total. The Morgan fingerprint density at radius 2 is 0.452 bits per heavy atom. The summed E-state index contributed by atoms with van der Waals surface area (Å²) in [6, 6.07) is -12.8. The van der Waals surface area contributed by atoms with Crippen LogP contribution in [0.4, 0.5) is 0 Å². The van der Waals surface area contributed by atoms with Gasteiger partial charge in [-0.25, -0.2) is 0 Å². The van der Waals surface area contributed by atoms with Gasteiger partial charge in [-0.05, 0) is 173 Å². The van der Waals surface area contributed by atoms with Crippen molar-refractivity contribution >= 4 is 137 Å². The number of nitrogens with one attached hydrogen (secondary N) is 9. The van der Waals surface area contributed by atoms with E-state index in [1.165, 1.54) is 58.8 Å². The van der Waals surface area contributed by atoms with Crippen molar-refractivity contribution in [2.45, 2.75) is 252 Å². The van der Waals surface area contributed by atoms with Gasteiger partial charge in [-0.15, -0.1) is 0 Å². The van der Waals surface area contributed by atoms with Gasteiger partial charge >= 0.3 is 5.97 Å². The number of likely N-dealkylation sites (tertiary alicyclic amines) is 12. The van der Waals surface area contributed by atoms with Crippen LogP contribution in [0, 0.1) is 0 Å². The molecule has 690 valence electrons. The Bertz CT molecular complexity index is 4200. The molecule has 0 aromatic carbocycles. The van der Waals surface area contributed by atoms with Crippen LogP contribution >= 0.6 is 12.6 Å². The van der Waals surface area contributed by atoms with Crippen LogP contribution in [0.25, 0.3) is 0 Å². The molecule has 13 fully saturated rings. The van der Waals surface area contributed by atoms with Crippen LogP contribution < -0.4 is 47.9 Å². The zero-order valence-corrected chi connectivity index (χ0v) is 72.0. The lowest BCUT2D eigenvalue weighted by atomic mass is 10.1. The van der Waals surface area contributed by atoms with Crippen molar-refractivity contribution in [1.29, 1.82) is 0 Å². The largest absolute Gasteiger partial charge is 0.480 e. The van der Waals surface area contributed by atoms with Crippen LogP contribution in [0.2, 0.25) is 0 Å². The molecule has 0 saturated carbocycles. The predicted octanol–water partition coefficient (Wildman–Crippen LogP) is -7.06. The monoisotopic (exact) mass is 1780 g/mol. The maximum Gasteiger partial charge on any atom is 0.322 e. The summed E-state index contributed by atoms with van der Waals surface area (Å²) < 4.78 is 0. The van der Waals surface area contributed by atoms with Crippen LogP contribution in [0.3, 0.4) is 0 Å². The molecule has 44 heteroatoms. The van der Waals surface area contributed by atoms with Gasteiger partial charge in [0.2, 0.25) is 118 Å². The van der Waals surface area contributed by atoms with Crippen LogP contribution in [0.15, 0.2) is 0 Å². The second-order valence-corrected chi connectivity index (χ2v) is 35.3. The fraction of sp³-hybridized carbons (Fsp3) is 0.744. The van der Waals surface area contributed by atoms with Gasteiger partial charge < -0.3 is 112 Å². The van der Waals surface area contributed by atoms with Gasteiger partial charge in [-0.3, -0.25) is 101 Å². The normalized spacial score (nSPS) is 27.3. The molecule has 0 radical (unpaired) electrons. The minimum absolute atomic E-state index is 0.0111.